The molecule has 1 atom stereocenters. The lowest BCUT2D eigenvalue weighted by molar-refractivity contribution is -0.142. The third-order valence-corrected chi connectivity index (χ3v) is 8.35. The summed E-state index contributed by atoms with van der Waals surface area (Å²) in [6, 6.07) is 24.3. The fourth-order valence-electron chi connectivity index (χ4n) is 4.56. The Morgan fingerprint density at radius 2 is 1.46 bits per heavy atom. The van der Waals surface area contributed by atoms with Crippen molar-refractivity contribution < 1.29 is 36.3 Å². The maximum absolute atomic E-state index is 13.7. The topological polar surface area (TPSA) is 114 Å². The van der Waals surface area contributed by atoms with Gasteiger partial charge in [0.05, 0.1) is 4.90 Å². The zero-order valence-electron chi connectivity index (χ0n) is 25.2. The number of hydrogen-bond acceptors (Lipinski definition) is 6. The average Bonchev–Trinajstić information content (AvgIpc) is 3.06. The number of carbonyl (C=O) groups excluding carboxylic acids is 2. The van der Waals surface area contributed by atoms with E-state index in [9.17, 15) is 26.8 Å². The number of rotatable bonds is 16. The van der Waals surface area contributed by atoms with Gasteiger partial charge in [0.15, 0.2) is 6.61 Å². The number of benzene rings is 4. The van der Waals surface area contributed by atoms with E-state index >= 15 is 0 Å². The first-order chi connectivity index (χ1) is 22.1. The van der Waals surface area contributed by atoms with Gasteiger partial charge in [0.25, 0.3) is 15.9 Å². The molecule has 2 N–H and O–H groups in total. The molecule has 0 heterocycles. The highest BCUT2D eigenvalue weighted by Gasteiger charge is 2.30. The van der Waals surface area contributed by atoms with Crippen molar-refractivity contribution in [1.29, 1.82) is 0 Å². The highest BCUT2D eigenvalue weighted by molar-refractivity contribution is 7.92. The van der Waals surface area contributed by atoms with Crippen molar-refractivity contribution in [3.63, 3.8) is 0 Å². The molecule has 242 valence electrons. The third-order valence-electron chi connectivity index (χ3n) is 6.95. The lowest BCUT2D eigenvalue weighted by Gasteiger charge is -2.31. The molecule has 4 aromatic rings. The van der Waals surface area contributed by atoms with Crippen LogP contribution in [-0.4, -0.2) is 58.0 Å². The number of methoxy groups -OCH3 is 1. The number of hydrogen-bond donors (Lipinski definition) is 2. The van der Waals surface area contributed by atoms with Gasteiger partial charge in [0.2, 0.25) is 5.91 Å². The molecule has 0 aromatic heterocycles. The Morgan fingerprint density at radius 3 is 2.09 bits per heavy atom. The first kappa shape index (κ1) is 34.1. The van der Waals surface area contributed by atoms with E-state index in [1.807, 2.05) is 30.3 Å². The first-order valence-electron chi connectivity index (χ1n) is 14.5. The first-order valence-corrected chi connectivity index (χ1v) is 16.0. The van der Waals surface area contributed by atoms with Crippen LogP contribution in [0.2, 0.25) is 0 Å². The molecule has 0 aliphatic carbocycles. The van der Waals surface area contributed by atoms with Crippen molar-refractivity contribution in [2.45, 2.75) is 30.3 Å². The second-order valence-electron chi connectivity index (χ2n) is 10.4. The summed E-state index contributed by atoms with van der Waals surface area (Å²) in [6.45, 7) is 0.359. The van der Waals surface area contributed by atoms with Crippen molar-refractivity contribution in [2.24, 2.45) is 0 Å². The fourth-order valence-corrected chi connectivity index (χ4v) is 5.62. The summed E-state index contributed by atoms with van der Waals surface area (Å²) in [6.07, 6.45) is 0.804. The Kier molecular flexibility index (Phi) is 12.2. The summed E-state index contributed by atoms with van der Waals surface area (Å²) in [7, 11) is -2.40. The normalized spacial score (nSPS) is 11.8. The van der Waals surface area contributed by atoms with Crippen LogP contribution in [0.5, 0.6) is 5.75 Å². The van der Waals surface area contributed by atoms with E-state index in [-0.39, 0.29) is 35.2 Å². The zero-order valence-corrected chi connectivity index (χ0v) is 26.0. The summed E-state index contributed by atoms with van der Waals surface area (Å²) >= 11 is 0. The van der Waals surface area contributed by atoms with Gasteiger partial charge in [0, 0.05) is 38.9 Å². The predicted octanol–water partition coefficient (Wildman–Crippen LogP) is 4.94. The van der Waals surface area contributed by atoms with Gasteiger partial charge in [-0.1, -0.05) is 42.5 Å². The van der Waals surface area contributed by atoms with Gasteiger partial charge in [-0.2, -0.15) is 0 Å². The van der Waals surface area contributed by atoms with E-state index in [0.29, 0.717) is 25.1 Å². The van der Waals surface area contributed by atoms with Crippen LogP contribution in [0.15, 0.2) is 108 Å². The van der Waals surface area contributed by atoms with E-state index in [4.69, 9.17) is 9.47 Å². The number of amides is 2. The Morgan fingerprint density at radius 1 is 0.826 bits per heavy atom. The molecular weight excluding hydrogens is 616 g/mol. The van der Waals surface area contributed by atoms with Crippen LogP contribution in [0.4, 0.5) is 14.5 Å². The molecule has 0 radical (unpaired) electrons. The molecule has 4 rings (SSSR count). The fraction of sp³-hybridized carbons (Fsp3) is 0.235. The summed E-state index contributed by atoms with van der Waals surface area (Å²) in [5, 5.41) is 2.89. The van der Waals surface area contributed by atoms with E-state index in [1.54, 1.807) is 19.2 Å². The average molecular weight is 652 g/mol. The Labute approximate surface area is 267 Å². The second kappa shape index (κ2) is 16.5. The van der Waals surface area contributed by atoms with Gasteiger partial charge < -0.3 is 19.7 Å². The van der Waals surface area contributed by atoms with Crippen LogP contribution in [0.1, 0.15) is 17.5 Å². The molecule has 0 aliphatic heterocycles. The predicted molar refractivity (Wildman–Crippen MR) is 170 cm³/mol. The van der Waals surface area contributed by atoms with E-state index in [1.165, 1.54) is 53.4 Å². The van der Waals surface area contributed by atoms with Gasteiger partial charge in [-0.05, 0) is 78.2 Å². The molecule has 0 saturated carbocycles. The molecule has 12 heteroatoms. The number of halogens is 2. The van der Waals surface area contributed by atoms with Gasteiger partial charge >= 0.3 is 0 Å². The molecule has 0 unspecified atom stereocenters. The van der Waals surface area contributed by atoms with E-state index in [2.05, 4.69) is 10.0 Å². The van der Waals surface area contributed by atoms with E-state index in [0.717, 1.165) is 17.7 Å². The molecule has 0 fully saturated rings. The van der Waals surface area contributed by atoms with Crippen LogP contribution in [-0.2, 0) is 37.3 Å². The highest BCUT2D eigenvalue weighted by Crippen LogP contribution is 2.21. The molecule has 46 heavy (non-hydrogen) atoms. The van der Waals surface area contributed by atoms with Crippen LogP contribution in [0.25, 0.3) is 0 Å². The zero-order chi connectivity index (χ0) is 32.9. The summed E-state index contributed by atoms with van der Waals surface area (Å²) < 4.78 is 65.6. The summed E-state index contributed by atoms with van der Waals surface area (Å²) in [4.78, 5) is 28.6. The largest absolute Gasteiger partial charge is 0.484 e. The van der Waals surface area contributed by atoms with Crippen LogP contribution >= 0.6 is 0 Å². The number of carbonyl (C=O) groups is 2. The lowest BCUT2D eigenvalue weighted by Crippen LogP contribution is -2.51. The highest BCUT2D eigenvalue weighted by atomic mass is 32.2. The number of ether oxygens (including phenoxy) is 2. The van der Waals surface area contributed by atoms with Crippen molar-refractivity contribution in [3.05, 3.63) is 126 Å². The molecule has 2 amide bonds. The number of nitrogens with zero attached hydrogens (tertiary/aromatic N) is 1. The monoisotopic (exact) mass is 651 g/mol. The second-order valence-corrected chi connectivity index (χ2v) is 12.0. The van der Waals surface area contributed by atoms with Crippen molar-refractivity contribution in [2.75, 3.05) is 31.6 Å². The molecule has 4 aromatic carbocycles. The molecule has 0 bridgehead atoms. The Balaban J connectivity index is 1.52. The lowest BCUT2D eigenvalue weighted by atomic mass is 10.0. The quantitative estimate of drug-likeness (QED) is 0.166. The van der Waals surface area contributed by atoms with Crippen molar-refractivity contribution in [3.8, 4) is 5.75 Å². The van der Waals surface area contributed by atoms with Crippen molar-refractivity contribution in [1.82, 2.24) is 10.2 Å². The third kappa shape index (κ3) is 10.1. The minimum absolute atomic E-state index is 0.0116. The smallest absolute Gasteiger partial charge is 0.261 e. The van der Waals surface area contributed by atoms with Gasteiger partial charge in [-0.25, -0.2) is 17.2 Å². The van der Waals surface area contributed by atoms with Gasteiger partial charge in [-0.3, -0.25) is 14.3 Å². The standard InChI is InChI=1S/C34H35F2N3O6S/c1-44-21-5-20-37-34(41)32(22-25-6-3-2-4-7-25)39(23-26-8-10-27(35)11-9-26)33(40)24-45-30-16-18-31(19-17-30)46(42,43)38-29-14-12-28(36)13-15-29/h2-4,6-19,32,38H,5,20-24H2,1H3,(H,37,41)/t32-/m1/s1. The summed E-state index contributed by atoms with van der Waals surface area (Å²) in [5.41, 5.74) is 1.65. The number of anilines is 1. The Bertz CT molecular complexity index is 1670. The van der Waals surface area contributed by atoms with Crippen LogP contribution in [0.3, 0.4) is 0 Å². The maximum Gasteiger partial charge on any atom is 0.261 e. The maximum atomic E-state index is 13.7. The number of nitrogens with one attached hydrogen (secondary N) is 2. The van der Waals surface area contributed by atoms with Gasteiger partial charge in [-0.15, -0.1) is 0 Å². The minimum Gasteiger partial charge on any atom is -0.484 e. The molecule has 0 aliphatic rings. The molecule has 9 nitrogen and oxygen atoms in total. The molecule has 0 saturated heterocycles. The minimum atomic E-state index is -3.97. The van der Waals surface area contributed by atoms with Crippen LogP contribution in [0, 0.1) is 11.6 Å². The number of sulfonamides is 1. The van der Waals surface area contributed by atoms with Gasteiger partial charge in [0.1, 0.15) is 23.4 Å². The van der Waals surface area contributed by atoms with Crippen LogP contribution < -0.4 is 14.8 Å². The van der Waals surface area contributed by atoms with Crippen molar-refractivity contribution >= 4 is 27.5 Å². The summed E-state index contributed by atoms with van der Waals surface area (Å²) in [5.74, 6) is -1.57. The van der Waals surface area contributed by atoms with E-state index < -0.39 is 40.2 Å². The Hall–Kier alpha value is -4.81. The molecular formula is C34H35F2N3O6S. The molecule has 0 spiro atoms. The SMILES string of the molecule is COCCCNC(=O)[C@@H](Cc1ccccc1)N(Cc1ccc(F)cc1)C(=O)COc1ccc(S(=O)(=O)Nc2ccc(F)cc2)cc1.